The number of para-hydroxylation sites is 1. The highest BCUT2D eigenvalue weighted by atomic mass is 35.5. The lowest BCUT2D eigenvalue weighted by molar-refractivity contribution is 0.251. The Morgan fingerprint density at radius 3 is 2.87 bits per heavy atom. The summed E-state index contributed by atoms with van der Waals surface area (Å²) in [5, 5.41) is 7.40. The number of urea groups is 1. The maximum atomic E-state index is 12.6. The number of carbonyl (C=O) groups is 1. The van der Waals surface area contributed by atoms with E-state index in [-0.39, 0.29) is 11.9 Å². The fourth-order valence-electron chi connectivity index (χ4n) is 3.51. The quantitative estimate of drug-likeness (QED) is 0.402. The van der Waals surface area contributed by atoms with E-state index in [1.165, 1.54) is 0 Å². The van der Waals surface area contributed by atoms with Crippen LogP contribution in [0.5, 0.6) is 5.75 Å². The van der Waals surface area contributed by atoms with Gasteiger partial charge in [-0.1, -0.05) is 35.9 Å². The Kier molecular flexibility index (Phi) is 5.86. The molecular formula is C23H21ClN4O2. The van der Waals surface area contributed by atoms with E-state index in [4.69, 9.17) is 16.3 Å². The summed E-state index contributed by atoms with van der Waals surface area (Å²) in [6.45, 7) is 0.391. The van der Waals surface area contributed by atoms with Crippen molar-refractivity contribution < 1.29 is 9.53 Å². The van der Waals surface area contributed by atoms with Gasteiger partial charge in [0.1, 0.15) is 5.75 Å². The SMILES string of the molecule is COc1ccc(Cl)cc1NC(=O)NC[C@@H](c1cccnc1)c1c[nH]c2ccccc12. The number of aromatic nitrogens is 2. The summed E-state index contributed by atoms with van der Waals surface area (Å²) < 4.78 is 5.29. The maximum Gasteiger partial charge on any atom is 0.319 e. The summed E-state index contributed by atoms with van der Waals surface area (Å²) in [4.78, 5) is 20.2. The van der Waals surface area contributed by atoms with Crippen molar-refractivity contribution in [2.45, 2.75) is 5.92 Å². The van der Waals surface area contributed by atoms with Crippen molar-refractivity contribution in [1.82, 2.24) is 15.3 Å². The van der Waals surface area contributed by atoms with E-state index in [1.54, 1.807) is 31.5 Å². The van der Waals surface area contributed by atoms with Crippen LogP contribution in [0.15, 0.2) is 73.2 Å². The third kappa shape index (κ3) is 4.23. The first-order chi connectivity index (χ1) is 14.7. The number of nitrogens with zero attached hydrogens (tertiary/aromatic N) is 1. The van der Waals surface area contributed by atoms with Gasteiger partial charge in [-0.3, -0.25) is 4.98 Å². The first-order valence-corrected chi connectivity index (χ1v) is 9.88. The van der Waals surface area contributed by atoms with Gasteiger partial charge in [-0.15, -0.1) is 0 Å². The Balaban J connectivity index is 1.56. The average Bonchev–Trinajstić information content (AvgIpc) is 3.19. The Morgan fingerprint density at radius 1 is 1.20 bits per heavy atom. The van der Waals surface area contributed by atoms with Crippen LogP contribution in [-0.4, -0.2) is 29.7 Å². The summed E-state index contributed by atoms with van der Waals surface area (Å²) >= 11 is 6.05. The molecule has 2 aromatic heterocycles. The molecule has 4 rings (SSSR count). The van der Waals surface area contributed by atoms with Crippen molar-refractivity contribution in [3.63, 3.8) is 0 Å². The maximum absolute atomic E-state index is 12.6. The van der Waals surface area contributed by atoms with E-state index in [0.717, 1.165) is 22.0 Å². The van der Waals surface area contributed by atoms with Gasteiger partial charge >= 0.3 is 6.03 Å². The molecule has 30 heavy (non-hydrogen) atoms. The fraction of sp³-hybridized carbons (Fsp3) is 0.130. The van der Waals surface area contributed by atoms with Crippen molar-refractivity contribution in [1.29, 1.82) is 0 Å². The van der Waals surface area contributed by atoms with Crippen molar-refractivity contribution in [2.75, 3.05) is 19.0 Å². The highest BCUT2D eigenvalue weighted by Crippen LogP contribution is 2.30. The number of carbonyl (C=O) groups excluding carboxylic acids is 1. The second-order valence-electron chi connectivity index (χ2n) is 6.81. The predicted octanol–water partition coefficient (Wildman–Crippen LogP) is 5.18. The van der Waals surface area contributed by atoms with Crippen molar-refractivity contribution in [2.24, 2.45) is 0 Å². The number of hydrogen-bond donors (Lipinski definition) is 3. The van der Waals surface area contributed by atoms with Crippen molar-refractivity contribution in [3.8, 4) is 5.75 Å². The van der Waals surface area contributed by atoms with Gasteiger partial charge in [0.15, 0.2) is 0 Å². The van der Waals surface area contributed by atoms with E-state index in [1.807, 2.05) is 42.7 Å². The van der Waals surface area contributed by atoms with E-state index < -0.39 is 0 Å². The minimum absolute atomic E-state index is 0.0677. The number of anilines is 1. The zero-order chi connectivity index (χ0) is 20.9. The number of pyridine rings is 1. The molecule has 0 radical (unpaired) electrons. The van der Waals surface area contributed by atoms with Gasteiger partial charge in [-0.25, -0.2) is 4.79 Å². The van der Waals surface area contributed by atoms with E-state index in [0.29, 0.717) is 23.0 Å². The highest BCUT2D eigenvalue weighted by Gasteiger charge is 2.19. The van der Waals surface area contributed by atoms with Crippen LogP contribution in [0.25, 0.3) is 10.9 Å². The smallest absolute Gasteiger partial charge is 0.319 e. The van der Waals surface area contributed by atoms with E-state index in [2.05, 4.69) is 26.7 Å². The molecule has 6 nitrogen and oxygen atoms in total. The molecule has 0 spiro atoms. The normalized spacial score (nSPS) is 11.8. The molecule has 0 aliphatic heterocycles. The fourth-order valence-corrected chi connectivity index (χ4v) is 3.68. The molecule has 0 aliphatic carbocycles. The predicted molar refractivity (Wildman–Crippen MR) is 119 cm³/mol. The molecule has 2 amide bonds. The van der Waals surface area contributed by atoms with Gasteiger partial charge in [0, 0.05) is 47.0 Å². The van der Waals surface area contributed by atoms with E-state index in [9.17, 15) is 4.79 Å². The topological polar surface area (TPSA) is 79.0 Å². The standard InChI is InChI=1S/C23H21ClN4O2/c1-30-22-9-8-16(24)11-21(22)28-23(29)27-13-18(15-5-4-10-25-12-15)19-14-26-20-7-3-2-6-17(19)20/h2-12,14,18,26H,13H2,1H3,(H2,27,28,29)/t18-/m0/s1. The average molecular weight is 421 g/mol. The zero-order valence-corrected chi connectivity index (χ0v) is 17.1. The zero-order valence-electron chi connectivity index (χ0n) is 16.4. The lowest BCUT2D eigenvalue weighted by Gasteiger charge is -2.18. The Bertz CT molecular complexity index is 1160. The summed E-state index contributed by atoms with van der Waals surface area (Å²) in [6.07, 6.45) is 5.55. The van der Waals surface area contributed by atoms with Gasteiger partial charge < -0.3 is 20.4 Å². The van der Waals surface area contributed by atoms with Crippen LogP contribution in [0.1, 0.15) is 17.0 Å². The van der Waals surface area contributed by atoms with Gasteiger partial charge in [0.2, 0.25) is 0 Å². The Morgan fingerprint density at radius 2 is 2.07 bits per heavy atom. The highest BCUT2D eigenvalue weighted by molar-refractivity contribution is 6.31. The molecule has 2 heterocycles. The Hall–Kier alpha value is -3.51. The van der Waals surface area contributed by atoms with Gasteiger partial charge in [0.25, 0.3) is 0 Å². The number of H-pyrrole nitrogens is 1. The van der Waals surface area contributed by atoms with Gasteiger partial charge in [-0.05, 0) is 41.5 Å². The molecule has 7 heteroatoms. The number of amides is 2. The number of fused-ring (bicyclic) bond motifs is 1. The number of halogens is 1. The van der Waals surface area contributed by atoms with Crippen molar-refractivity contribution >= 4 is 34.2 Å². The minimum Gasteiger partial charge on any atom is -0.495 e. The molecule has 3 N–H and O–H groups in total. The van der Waals surface area contributed by atoms with Crippen LogP contribution in [0, 0.1) is 0 Å². The monoisotopic (exact) mass is 420 g/mol. The number of ether oxygens (including phenoxy) is 1. The molecule has 0 saturated heterocycles. The third-order valence-corrected chi connectivity index (χ3v) is 5.20. The molecule has 0 fully saturated rings. The molecule has 2 aromatic carbocycles. The lowest BCUT2D eigenvalue weighted by atomic mass is 9.92. The first kappa shape index (κ1) is 19.8. The number of nitrogens with one attached hydrogen (secondary N) is 3. The van der Waals surface area contributed by atoms with Crippen LogP contribution in [-0.2, 0) is 0 Å². The van der Waals surface area contributed by atoms with Crippen molar-refractivity contribution in [3.05, 3.63) is 89.3 Å². The number of methoxy groups -OCH3 is 1. The molecule has 1 atom stereocenters. The molecule has 0 saturated carbocycles. The summed E-state index contributed by atoms with van der Waals surface area (Å²) in [5.41, 5.74) is 3.67. The molecule has 4 aromatic rings. The second-order valence-corrected chi connectivity index (χ2v) is 7.24. The molecule has 0 aliphatic rings. The summed E-state index contributed by atoms with van der Waals surface area (Å²) in [5.74, 6) is 0.469. The number of hydrogen-bond acceptors (Lipinski definition) is 3. The molecule has 0 bridgehead atoms. The minimum atomic E-state index is -0.343. The van der Waals surface area contributed by atoms with Crippen LogP contribution in [0.4, 0.5) is 10.5 Å². The van der Waals surface area contributed by atoms with Crippen LogP contribution < -0.4 is 15.4 Å². The molecule has 0 unspecified atom stereocenters. The summed E-state index contributed by atoms with van der Waals surface area (Å²) in [6, 6.07) is 16.7. The van der Waals surface area contributed by atoms with Crippen LogP contribution in [0.3, 0.4) is 0 Å². The van der Waals surface area contributed by atoms with Crippen LogP contribution >= 0.6 is 11.6 Å². The molecular weight excluding hydrogens is 400 g/mol. The largest absolute Gasteiger partial charge is 0.495 e. The van der Waals surface area contributed by atoms with E-state index >= 15 is 0 Å². The third-order valence-electron chi connectivity index (χ3n) is 4.96. The Labute approximate surface area is 179 Å². The van der Waals surface area contributed by atoms with Gasteiger partial charge in [0.05, 0.1) is 12.8 Å². The molecule has 152 valence electrons. The number of rotatable bonds is 6. The summed E-state index contributed by atoms with van der Waals surface area (Å²) in [7, 11) is 1.54. The lowest BCUT2D eigenvalue weighted by Crippen LogP contribution is -2.32. The first-order valence-electron chi connectivity index (χ1n) is 9.50. The van der Waals surface area contributed by atoms with Gasteiger partial charge in [-0.2, -0.15) is 0 Å². The van der Waals surface area contributed by atoms with Crippen LogP contribution in [0.2, 0.25) is 5.02 Å². The number of aromatic amines is 1. The second kappa shape index (κ2) is 8.88. The number of benzene rings is 2.